The molecule has 8 nitrogen and oxygen atoms in total. The zero-order valence-corrected chi connectivity index (χ0v) is 20.5. The van der Waals surface area contributed by atoms with Crippen molar-refractivity contribution in [2.75, 3.05) is 17.8 Å². The van der Waals surface area contributed by atoms with E-state index in [0.29, 0.717) is 31.5 Å². The molecule has 0 atom stereocenters. The van der Waals surface area contributed by atoms with Crippen LogP contribution in [0.15, 0.2) is 47.4 Å². The molecule has 184 valence electrons. The van der Waals surface area contributed by atoms with Gasteiger partial charge in [0, 0.05) is 30.4 Å². The second kappa shape index (κ2) is 10.0. The molecular formula is C24H30FN3O5S. The van der Waals surface area contributed by atoms with E-state index in [0.717, 1.165) is 12.1 Å². The lowest BCUT2D eigenvalue weighted by Gasteiger charge is -2.33. The molecule has 0 saturated carbocycles. The second-order valence-electron chi connectivity index (χ2n) is 9.30. The van der Waals surface area contributed by atoms with E-state index in [4.69, 9.17) is 4.74 Å². The summed E-state index contributed by atoms with van der Waals surface area (Å²) in [5.74, 6) is -0.860. The topological polar surface area (TPSA) is 105 Å². The van der Waals surface area contributed by atoms with E-state index in [2.05, 4.69) is 10.0 Å². The largest absolute Gasteiger partial charge is 0.444 e. The van der Waals surface area contributed by atoms with Gasteiger partial charge in [0.15, 0.2) is 0 Å². The van der Waals surface area contributed by atoms with Gasteiger partial charge in [0.2, 0.25) is 0 Å². The van der Waals surface area contributed by atoms with Crippen LogP contribution in [0.3, 0.4) is 0 Å². The molecule has 2 aromatic rings. The molecule has 0 aliphatic carbocycles. The van der Waals surface area contributed by atoms with Crippen molar-refractivity contribution in [1.82, 2.24) is 10.2 Å². The standard InChI is InChI=1S/C24H30FN3O5S/c1-16-5-10-20(34(31,32)27-19-8-6-17(25)7-9-19)15-21(16)22(29)26-18-11-13-28(14-12-18)23(30)33-24(2,3)4/h5-10,15,18,27H,11-14H2,1-4H3,(H,26,29). The molecule has 34 heavy (non-hydrogen) atoms. The van der Waals surface area contributed by atoms with Crippen molar-refractivity contribution in [3.05, 3.63) is 59.4 Å². The van der Waals surface area contributed by atoms with Crippen molar-refractivity contribution in [1.29, 1.82) is 0 Å². The summed E-state index contributed by atoms with van der Waals surface area (Å²) in [6.07, 6.45) is 0.752. The molecule has 1 aliphatic rings. The van der Waals surface area contributed by atoms with Gasteiger partial charge >= 0.3 is 6.09 Å². The Bertz CT molecular complexity index is 1150. The molecule has 0 bridgehead atoms. The number of likely N-dealkylation sites (tertiary alicyclic amines) is 1. The maximum atomic E-state index is 13.1. The van der Waals surface area contributed by atoms with Crippen molar-refractivity contribution in [2.24, 2.45) is 0 Å². The number of aryl methyl sites for hydroxylation is 1. The first-order chi connectivity index (χ1) is 15.8. The maximum Gasteiger partial charge on any atom is 0.410 e. The number of hydrogen-bond acceptors (Lipinski definition) is 5. The van der Waals surface area contributed by atoms with Gasteiger partial charge in [0.05, 0.1) is 4.90 Å². The molecule has 1 heterocycles. The van der Waals surface area contributed by atoms with E-state index in [9.17, 15) is 22.4 Å². The molecule has 0 unspecified atom stereocenters. The minimum atomic E-state index is -3.97. The molecule has 0 spiro atoms. The van der Waals surface area contributed by atoms with E-state index in [1.54, 1.807) is 17.9 Å². The third-order valence-corrected chi connectivity index (χ3v) is 6.72. The molecule has 0 aromatic heterocycles. The summed E-state index contributed by atoms with van der Waals surface area (Å²) in [5.41, 5.74) is 0.516. The first-order valence-electron chi connectivity index (χ1n) is 11.0. The fourth-order valence-electron chi connectivity index (χ4n) is 3.54. The number of nitrogens with one attached hydrogen (secondary N) is 2. The molecule has 2 aromatic carbocycles. The highest BCUT2D eigenvalue weighted by Gasteiger charge is 2.28. The lowest BCUT2D eigenvalue weighted by Crippen LogP contribution is -2.47. The molecule has 1 fully saturated rings. The highest BCUT2D eigenvalue weighted by atomic mass is 32.2. The second-order valence-corrected chi connectivity index (χ2v) is 11.0. The number of piperidine rings is 1. The van der Waals surface area contributed by atoms with Gasteiger partial charge in [-0.15, -0.1) is 0 Å². The average molecular weight is 492 g/mol. The Labute approximate surface area is 199 Å². The van der Waals surface area contributed by atoms with Gasteiger partial charge in [-0.1, -0.05) is 6.07 Å². The van der Waals surface area contributed by atoms with Crippen molar-refractivity contribution >= 4 is 27.7 Å². The predicted octanol–water partition coefficient (Wildman–Crippen LogP) is 4.06. The van der Waals surface area contributed by atoms with Crippen molar-refractivity contribution in [2.45, 2.75) is 57.1 Å². The van der Waals surface area contributed by atoms with Crippen molar-refractivity contribution in [3.63, 3.8) is 0 Å². The first-order valence-corrected chi connectivity index (χ1v) is 12.5. The number of nitrogens with zero attached hydrogens (tertiary/aromatic N) is 1. The van der Waals surface area contributed by atoms with Crippen LogP contribution in [-0.4, -0.2) is 50.1 Å². The summed E-state index contributed by atoms with van der Waals surface area (Å²) >= 11 is 0. The minimum Gasteiger partial charge on any atom is -0.444 e. The van der Waals surface area contributed by atoms with E-state index >= 15 is 0 Å². The number of anilines is 1. The van der Waals surface area contributed by atoms with Gasteiger partial charge < -0.3 is 15.0 Å². The zero-order chi connectivity index (χ0) is 25.1. The van der Waals surface area contributed by atoms with Gasteiger partial charge in [-0.25, -0.2) is 17.6 Å². The van der Waals surface area contributed by atoms with Crippen LogP contribution >= 0.6 is 0 Å². The zero-order valence-electron chi connectivity index (χ0n) is 19.7. The fourth-order valence-corrected chi connectivity index (χ4v) is 4.63. The number of amides is 2. The van der Waals surface area contributed by atoms with E-state index in [1.807, 2.05) is 20.8 Å². The molecule has 2 N–H and O–H groups in total. The lowest BCUT2D eigenvalue weighted by molar-refractivity contribution is 0.0199. The number of carbonyl (C=O) groups excluding carboxylic acids is 2. The van der Waals surface area contributed by atoms with Gasteiger partial charge in [-0.05, 0) is 82.5 Å². The Morgan fingerprint density at radius 2 is 1.68 bits per heavy atom. The van der Waals surface area contributed by atoms with Crippen LogP contribution in [0.1, 0.15) is 49.5 Å². The SMILES string of the molecule is Cc1ccc(S(=O)(=O)Nc2ccc(F)cc2)cc1C(=O)NC1CCN(C(=O)OC(C)(C)C)CC1. The third-order valence-electron chi connectivity index (χ3n) is 5.34. The van der Waals surface area contributed by atoms with Crippen molar-refractivity contribution < 1.29 is 27.1 Å². The van der Waals surface area contributed by atoms with E-state index < -0.39 is 21.4 Å². The molecule has 0 radical (unpaired) electrons. The maximum absolute atomic E-state index is 13.1. The smallest absolute Gasteiger partial charge is 0.410 e. The fraction of sp³-hybridized carbons (Fsp3) is 0.417. The number of ether oxygens (including phenoxy) is 1. The van der Waals surface area contributed by atoms with Crippen LogP contribution < -0.4 is 10.0 Å². The number of rotatable bonds is 5. The molecular weight excluding hydrogens is 461 g/mol. The van der Waals surface area contributed by atoms with Crippen LogP contribution in [-0.2, 0) is 14.8 Å². The third kappa shape index (κ3) is 6.69. The number of halogens is 1. The number of hydrogen-bond donors (Lipinski definition) is 2. The summed E-state index contributed by atoms with van der Waals surface area (Å²) in [4.78, 5) is 26.7. The van der Waals surface area contributed by atoms with Crippen LogP contribution in [0.2, 0.25) is 0 Å². The Kier molecular flexibility index (Phi) is 7.50. The Balaban J connectivity index is 1.65. The quantitative estimate of drug-likeness (QED) is 0.656. The minimum absolute atomic E-state index is 0.0766. The average Bonchev–Trinajstić information content (AvgIpc) is 2.74. The van der Waals surface area contributed by atoms with Gasteiger partial charge in [-0.2, -0.15) is 0 Å². The summed E-state index contributed by atoms with van der Waals surface area (Å²) in [6.45, 7) is 8.06. The monoisotopic (exact) mass is 491 g/mol. The molecule has 2 amide bonds. The Morgan fingerprint density at radius 3 is 2.26 bits per heavy atom. The molecule has 1 saturated heterocycles. The number of sulfonamides is 1. The van der Waals surface area contributed by atoms with Crippen LogP contribution in [0.5, 0.6) is 0 Å². The Hall–Kier alpha value is -3.14. The van der Waals surface area contributed by atoms with E-state index in [-0.39, 0.29) is 34.2 Å². The summed E-state index contributed by atoms with van der Waals surface area (Å²) in [6, 6.07) is 9.10. The predicted molar refractivity (Wildman–Crippen MR) is 127 cm³/mol. The van der Waals surface area contributed by atoms with Gasteiger partial charge in [0.1, 0.15) is 11.4 Å². The highest BCUT2D eigenvalue weighted by Crippen LogP contribution is 2.21. The first kappa shape index (κ1) is 25.5. The number of carbonyl (C=O) groups is 2. The summed E-state index contributed by atoms with van der Waals surface area (Å²) in [5, 5.41) is 2.94. The van der Waals surface area contributed by atoms with Crippen LogP contribution in [0.4, 0.5) is 14.9 Å². The molecule has 3 rings (SSSR count). The summed E-state index contributed by atoms with van der Waals surface area (Å²) in [7, 11) is -3.97. The van der Waals surface area contributed by atoms with Crippen LogP contribution in [0.25, 0.3) is 0 Å². The highest BCUT2D eigenvalue weighted by molar-refractivity contribution is 7.92. The normalized spacial score (nSPS) is 15.0. The summed E-state index contributed by atoms with van der Waals surface area (Å²) < 4.78 is 46.4. The van der Waals surface area contributed by atoms with Gasteiger partial charge in [0.25, 0.3) is 15.9 Å². The lowest BCUT2D eigenvalue weighted by atomic mass is 10.0. The Morgan fingerprint density at radius 1 is 1.06 bits per heavy atom. The van der Waals surface area contributed by atoms with E-state index in [1.165, 1.54) is 24.3 Å². The van der Waals surface area contributed by atoms with Gasteiger partial charge in [-0.3, -0.25) is 9.52 Å². The number of benzene rings is 2. The molecule has 1 aliphatic heterocycles. The van der Waals surface area contributed by atoms with Crippen molar-refractivity contribution in [3.8, 4) is 0 Å². The van der Waals surface area contributed by atoms with Crippen LogP contribution in [0, 0.1) is 12.7 Å². The molecule has 10 heteroatoms.